The van der Waals surface area contributed by atoms with Crippen molar-refractivity contribution in [3.8, 4) is 11.3 Å². The third kappa shape index (κ3) is 1.93. The number of benzene rings is 1. The summed E-state index contributed by atoms with van der Waals surface area (Å²) in [6, 6.07) is 10.8. The molecule has 3 rings (SSSR count). The standard InChI is InChI=1S/C13H8FN3O2/c14-19-13(18)10-6-7-15-17-8-11(16-12(10)17)9-4-2-1-3-5-9/h1-8H. The van der Waals surface area contributed by atoms with Crippen molar-refractivity contribution in [2.75, 3.05) is 0 Å². The number of aromatic nitrogens is 3. The van der Waals surface area contributed by atoms with Gasteiger partial charge in [-0.25, -0.2) is 19.2 Å². The van der Waals surface area contributed by atoms with E-state index in [1.807, 2.05) is 30.3 Å². The van der Waals surface area contributed by atoms with E-state index < -0.39 is 5.97 Å². The number of nitrogens with zero attached hydrogens (tertiary/aromatic N) is 3. The van der Waals surface area contributed by atoms with Gasteiger partial charge >= 0.3 is 5.97 Å². The van der Waals surface area contributed by atoms with Gasteiger partial charge in [0.1, 0.15) is 5.56 Å². The second-order valence-corrected chi connectivity index (χ2v) is 3.87. The van der Waals surface area contributed by atoms with Crippen LogP contribution in [0, 0.1) is 0 Å². The molecule has 0 radical (unpaired) electrons. The summed E-state index contributed by atoms with van der Waals surface area (Å²) in [4.78, 5) is 18.8. The molecule has 94 valence electrons. The molecule has 0 saturated heterocycles. The highest BCUT2D eigenvalue weighted by atomic mass is 19.3. The molecule has 2 heterocycles. The third-order valence-electron chi connectivity index (χ3n) is 2.72. The summed E-state index contributed by atoms with van der Waals surface area (Å²) in [5, 5.41) is 4.03. The van der Waals surface area contributed by atoms with Crippen LogP contribution in [0.3, 0.4) is 0 Å². The van der Waals surface area contributed by atoms with Gasteiger partial charge in [-0.3, -0.25) is 0 Å². The molecule has 0 atom stereocenters. The maximum Gasteiger partial charge on any atom is 0.383 e. The fourth-order valence-corrected chi connectivity index (χ4v) is 1.85. The van der Waals surface area contributed by atoms with Crippen molar-refractivity contribution in [3.63, 3.8) is 0 Å². The van der Waals surface area contributed by atoms with Gasteiger partial charge in [0.05, 0.1) is 11.9 Å². The van der Waals surface area contributed by atoms with E-state index in [2.05, 4.69) is 15.0 Å². The highest BCUT2D eigenvalue weighted by Crippen LogP contribution is 2.20. The quantitative estimate of drug-likeness (QED) is 0.707. The zero-order valence-corrected chi connectivity index (χ0v) is 9.65. The van der Waals surface area contributed by atoms with E-state index in [0.29, 0.717) is 5.69 Å². The Bertz CT molecular complexity index is 740. The van der Waals surface area contributed by atoms with Crippen molar-refractivity contribution in [2.45, 2.75) is 0 Å². The molecule has 3 aromatic rings. The fourth-order valence-electron chi connectivity index (χ4n) is 1.85. The minimum Gasteiger partial charge on any atom is -0.249 e. The van der Waals surface area contributed by atoms with Gasteiger partial charge < -0.3 is 0 Å². The minimum absolute atomic E-state index is 0.0275. The van der Waals surface area contributed by atoms with E-state index in [1.54, 1.807) is 6.20 Å². The van der Waals surface area contributed by atoms with Crippen LogP contribution in [0.4, 0.5) is 4.53 Å². The van der Waals surface area contributed by atoms with Crippen molar-refractivity contribution >= 4 is 11.6 Å². The van der Waals surface area contributed by atoms with Gasteiger partial charge in [0.2, 0.25) is 0 Å². The molecule has 6 heteroatoms. The van der Waals surface area contributed by atoms with Gasteiger partial charge in [-0.05, 0) is 6.07 Å². The highest BCUT2D eigenvalue weighted by Gasteiger charge is 2.16. The summed E-state index contributed by atoms with van der Waals surface area (Å²) >= 11 is 0. The summed E-state index contributed by atoms with van der Waals surface area (Å²) in [6.45, 7) is 0. The molecule has 0 amide bonds. The Morgan fingerprint density at radius 1 is 1.21 bits per heavy atom. The maximum atomic E-state index is 12.0. The fraction of sp³-hybridized carbons (Fsp3) is 0. The molecule has 0 bridgehead atoms. The van der Waals surface area contributed by atoms with E-state index in [4.69, 9.17) is 0 Å². The number of rotatable bonds is 2. The number of fused-ring (bicyclic) bond motifs is 1. The smallest absolute Gasteiger partial charge is 0.249 e. The number of carbonyl (C=O) groups excluding carboxylic acids is 1. The van der Waals surface area contributed by atoms with Crippen molar-refractivity contribution in [1.29, 1.82) is 0 Å². The average molecular weight is 257 g/mol. The van der Waals surface area contributed by atoms with Crippen LogP contribution < -0.4 is 0 Å². The van der Waals surface area contributed by atoms with Gasteiger partial charge in [0.15, 0.2) is 5.65 Å². The van der Waals surface area contributed by atoms with Gasteiger partial charge in [0, 0.05) is 16.3 Å². The van der Waals surface area contributed by atoms with E-state index in [-0.39, 0.29) is 11.2 Å². The van der Waals surface area contributed by atoms with Crippen molar-refractivity contribution < 1.29 is 14.3 Å². The van der Waals surface area contributed by atoms with Crippen LogP contribution in [0.1, 0.15) is 10.4 Å². The Morgan fingerprint density at radius 2 is 2.00 bits per heavy atom. The monoisotopic (exact) mass is 257 g/mol. The Kier molecular flexibility index (Phi) is 2.68. The maximum absolute atomic E-state index is 12.0. The number of hydrogen-bond acceptors (Lipinski definition) is 4. The van der Waals surface area contributed by atoms with Crippen LogP contribution in [0.2, 0.25) is 0 Å². The Hall–Kier alpha value is -2.76. The first kappa shape index (κ1) is 11.3. The number of halogens is 1. The minimum atomic E-state index is -1.09. The van der Waals surface area contributed by atoms with Gasteiger partial charge in [-0.1, -0.05) is 30.3 Å². The lowest BCUT2D eigenvalue weighted by molar-refractivity contribution is -0.0786. The molecule has 1 aromatic carbocycles. The molecule has 0 aliphatic heterocycles. The lowest BCUT2D eigenvalue weighted by Crippen LogP contribution is -2.03. The summed E-state index contributed by atoms with van der Waals surface area (Å²) in [5.74, 6) is -1.09. The molecular formula is C13H8FN3O2. The molecule has 2 aromatic heterocycles. The zero-order valence-electron chi connectivity index (χ0n) is 9.65. The summed E-state index contributed by atoms with van der Waals surface area (Å²) in [6.07, 6.45) is 3.05. The predicted octanol–water partition coefficient (Wildman–Crippen LogP) is 2.44. The highest BCUT2D eigenvalue weighted by molar-refractivity contribution is 5.95. The lowest BCUT2D eigenvalue weighted by atomic mass is 10.2. The molecular weight excluding hydrogens is 249 g/mol. The molecule has 5 nitrogen and oxygen atoms in total. The SMILES string of the molecule is O=C(OF)c1ccnn2cc(-c3ccccc3)nc12. The molecule has 19 heavy (non-hydrogen) atoms. The normalized spacial score (nSPS) is 10.6. The Labute approximate surface area is 107 Å². The van der Waals surface area contributed by atoms with Crippen LogP contribution in [0.25, 0.3) is 16.9 Å². The summed E-state index contributed by atoms with van der Waals surface area (Å²) in [5.41, 5.74) is 1.81. The first-order chi connectivity index (χ1) is 9.29. The molecule has 0 unspecified atom stereocenters. The van der Waals surface area contributed by atoms with Crippen molar-refractivity contribution in [1.82, 2.24) is 14.6 Å². The van der Waals surface area contributed by atoms with E-state index in [9.17, 15) is 9.32 Å². The lowest BCUT2D eigenvalue weighted by Gasteiger charge is -1.96. The molecule has 0 fully saturated rings. The first-order valence-electron chi connectivity index (χ1n) is 5.52. The van der Waals surface area contributed by atoms with Crippen LogP contribution in [-0.2, 0) is 4.94 Å². The predicted molar refractivity (Wildman–Crippen MR) is 64.9 cm³/mol. The summed E-state index contributed by atoms with van der Waals surface area (Å²) in [7, 11) is 0. The molecule has 0 spiro atoms. The van der Waals surface area contributed by atoms with E-state index >= 15 is 0 Å². The molecule has 0 saturated carbocycles. The van der Waals surface area contributed by atoms with Crippen LogP contribution in [0.15, 0.2) is 48.8 Å². The van der Waals surface area contributed by atoms with Gasteiger partial charge in [-0.2, -0.15) is 5.10 Å². The Balaban J connectivity index is 2.19. The number of hydrogen-bond donors (Lipinski definition) is 0. The van der Waals surface area contributed by atoms with Crippen LogP contribution in [0.5, 0.6) is 0 Å². The second-order valence-electron chi connectivity index (χ2n) is 3.87. The molecule has 0 aliphatic carbocycles. The third-order valence-corrected chi connectivity index (χ3v) is 2.72. The van der Waals surface area contributed by atoms with Gasteiger partial charge in [-0.15, -0.1) is 0 Å². The van der Waals surface area contributed by atoms with Gasteiger partial charge in [0.25, 0.3) is 0 Å². The molecule has 0 aliphatic rings. The number of carbonyl (C=O) groups is 1. The second kappa shape index (κ2) is 4.49. The van der Waals surface area contributed by atoms with Crippen LogP contribution in [-0.4, -0.2) is 20.6 Å². The van der Waals surface area contributed by atoms with Crippen molar-refractivity contribution in [2.24, 2.45) is 0 Å². The molecule has 0 N–H and O–H groups in total. The van der Waals surface area contributed by atoms with E-state index in [1.165, 1.54) is 16.8 Å². The van der Waals surface area contributed by atoms with E-state index in [0.717, 1.165) is 5.56 Å². The van der Waals surface area contributed by atoms with Crippen LogP contribution >= 0.6 is 0 Å². The Morgan fingerprint density at radius 3 is 2.74 bits per heavy atom. The topological polar surface area (TPSA) is 56.5 Å². The largest absolute Gasteiger partial charge is 0.383 e. The number of imidazole rings is 1. The summed E-state index contributed by atoms with van der Waals surface area (Å²) < 4.78 is 13.4. The first-order valence-corrected chi connectivity index (χ1v) is 5.52. The zero-order chi connectivity index (χ0) is 13.2. The average Bonchev–Trinajstić information content (AvgIpc) is 2.91. The van der Waals surface area contributed by atoms with Crippen molar-refractivity contribution in [3.05, 3.63) is 54.4 Å².